The average Bonchev–Trinajstić information content (AvgIpc) is 2.51. The molecule has 1 aromatic heterocycles. The predicted octanol–water partition coefficient (Wildman–Crippen LogP) is 3.34. The first-order valence-electron chi connectivity index (χ1n) is 7.38. The van der Waals surface area contributed by atoms with Crippen molar-refractivity contribution in [3.63, 3.8) is 0 Å². The first kappa shape index (κ1) is 17.0. The van der Waals surface area contributed by atoms with Crippen LogP contribution in [0.1, 0.15) is 37.4 Å². The van der Waals surface area contributed by atoms with Gasteiger partial charge in [0, 0.05) is 6.04 Å². The lowest BCUT2D eigenvalue weighted by molar-refractivity contribution is 0.371. The van der Waals surface area contributed by atoms with Crippen molar-refractivity contribution in [2.24, 2.45) is 5.10 Å². The number of hydrazone groups is 1. The Morgan fingerprint density at radius 3 is 2.83 bits per heavy atom. The van der Waals surface area contributed by atoms with Crippen LogP contribution < -0.4 is 11.0 Å². The molecule has 1 atom stereocenters. The first-order chi connectivity index (χ1) is 11.0. The second-order valence-electron chi connectivity index (χ2n) is 5.31. The van der Waals surface area contributed by atoms with Crippen molar-refractivity contribution < 1.29 is 5.11 Å². The average molecular weight is 332 g/mol. The topological polar surface area (TPSA) is 82.4 Å². The molecule has 2 aromatic rings. The van der Waals surface area contributed by atoms with Crippen LogP contribution in [-0.2, 0) is 0 Å². The van der Waals surface area contributed by atoms with Crippen molar-refractivity contribution in [2.75, 3.05) is 5.43 Å². The van der Waals surface area contributed by atoms with Crippen molar-refractivity contribution >= 4 is 24.1 Å². The number of aromatic hydroxyl groups is 1. The molecule has 0 saturated carbocycles. The number of nitrogens with one attached hydrogen (secondary N) is 2. The largest absolute Gasteiger partial charge is 0.494 e. The third kappa shape index (κ3) is 3.68. The van der Waals surface area contributed by atoms with E-state index in [-0.39, 0.29) is 22.3 Å². The Labute approximate surface area is 139 Å². The zero-order valence-corrected chi connectivity index (χ0v) is 14.1. The molecule has 0 amide bonds. The van der Waals surface area contributed by atoms with Gasteiger partial charge in [0.1, 0.15) is 5.56 Å². The number of H-pyrrole nitrogens is 1. The molecular formula is C16H20N4O2S. The van der Waals surface area contributed by atoms with Gasteiger partial charge in [0.15, 0.2) is 4.77 Å². The smallest absolute Gasteiger partial charge is 0.264 e. The van der Waals surface area contributed by atoms with Crippen LogP contribution in [0.5, 0.6) is 5.88 Å². The van der Waals surface area contributed by atoms with Crippen molar-refractivity contribution in [1.29, 1.82) is 0 Å². The number of para-hydroxylation sites is 1. The summed E-state index contributed by atoms with van der Waals surface area (Å²) in [5, 5.41) is 14.4. The highest BCUT2D eigenvalue weighted by Gasteiger charge is 2.14. The van der Waals surface area contributed by atoms with E-state index in [1.54, 1.807) is 0 Å². The molecule has 2 rings (SSSR count). The third-order valence-corrected chi connectivity index (χ3v) is 4.01. The minimum absolute atomic E-state index is 0.0316. The molecule has 0 bridgehead atoms. The molecule has 0 aliphatic carbocycles. The lowest BCUT2D eigenvalue weighted by atomic mass is 10.2. The van der Waals surface area contributed by atoms with Crippen molar-refractivity contribution in [3.05, 3.63) is 50.5 Å². The van der Waals surface area contributed by atoms with Crippen LogP contribution in [0.25, 0.3) is 0 Å². The SMILES string of the molecule is CCC(C)n1c(O)c(C=NNc2ccccc2C)c(=O)[nH]c1=S. The summed E-state index contributed by atoms with van der Waals surface area (Å²) in [5.41, 5.74) is 4.32. The fourth-order valence-corrected chi connectivity index (χ4v) is 2.48. The van der Waals surface area contributed by atoms with Crippen LogP contribution in [0.15, 0.2) is 34.2 Å². The number of nitrogens with zero attached hydrogens (tertiary/aromatic N) is 2. The van der Waals surface area contributed by atoms with Gasteiger partial charge in [-0.1, -0.05) is 25.1 Å². The highest BCUT2D eigenvalue weighted by atomic mass is 32.1. The van der Waals surface area contributed by atoms with Gasteiger partial charge in [-0.3, -0.25) is 19.8 Å². The molecule has 7 heteroatoms. The maximum absolute atomic E-state index is 12.0. The summed E-state index contributed by atoms with van der Waals surface area (Å²) in [6, 6.07) is 7.61. The molecular weight excluding hydrogens is 312 g/mol. The monoisotopic (exact) mass is 332 g/mol. The van der Waals surface area contributed by atoms with Gasteiger partial charge in [-0.25, -0.2) is 0 Å². The van der Waals surface area contributed by atoms with Gasteiger partial charge in [0.2, 0.25) is 5.88 Å². The number of hydrogen-bond acceptors (Lipinski definition) is 5. The molecule has 122 valence electrons. The van der Waals surface area contributed by atoms with E-state index in [1.165, 1.54) is 10.8 Å². The van der Waals surface area contributed by atoms with Crippen molar-refractivity contribution in [1.82, 2.24) is 9.55 Å². The predicted molar refractivity (Wildman–Crippen MR) is 94.9 cm³/mol. The summed E-state index contributed by atoms with van der Waals surface area (Å²) in [4.78, 5) is 14.6. The van der Waals surface area contributed by atoms with Crippen LogP contribution in [-0.4, -0.2) is 20.9 Å². The van der Waals surface area contributed by atoms with Gasteiger partial charge in [-0.2, -0.15) is 5.10 Å². The maximum Gasteiger partial charge on any atom is 0.264 e. The van der Waals surface area contributed by atoms with Gasteiger partial charge < -0.3 is 5.11 Å². The van der Waals surface area contributed by atoms with E-state index in [0.29, 0.717) is 0 Å². The van der Waals surface area contributed by atoms with Crippen LogP contribution in [0.3, 0.4) is 0 Å². The van der Waals surface area contributed by atoms with E-state index >= 15 is 0 Å². The summed E-state index contributed by atoms with van der Waals surface area (Å²) in [6.07, 6.45) is 2.07. The molecule has 23 heavy (non-hydrogen) atoms. The molecule has 1 unspecified atom stereocenters. The Morgan fingerprint density at radius 1 is 1.48 bits per heavy atom. The van der Waals surface area contributed by atoms with E-state index in [4.69, 9.17) is 12.2 Å². The number of hydrogen-bond donors (Lipinski definition) is 3. The number of aromatic nitrogens is 2. The Balaban J connectivity index is 2.37. The lowest BCUT2D eigenvalue weighted by Crippen LogP contribution is -2.20. The van der Waals surface area contributed by atoms with Gasteiger partial charge in [-0.05, 0) is 44.1 Å². The Bertz CT molecular complexity index is 839. The van der Waals surface area contributed by atoms with Gasteiger partial charge >= 0.3 is 0 Å². The fourth-order valence-electron chi connectivity index (χ4n) is 2.12. The van der Waals surface area contributed by atoms with Gasteiger partial charge in [0.25, 0.3) is 5.56 Å². The van der Waals surface area contributed by atoms with Crippen LogP contribution >= 0.6 is 12.2 Å². The Kier molecular flexibility index (Phi) is 5.33. The lowest BCUT2D eigenvalue weighted by Gasteiger charge is -2.16. The summed E-state index contributed by atoms with van der Waals surface area (Å²) < 4.78 is 1.72. The standard InChI is InChI=1S/C16H20N4O2S/c1-4-11(3)20-15(22)12(14(21)18-16(20)23)9-17-19-13-8-6-5-7-10(13)2/h5-9,11,19,22H,4H2,1-3H3,(H,18,21,23). The molecule has 6 nitrogen and oxygen atoms in total. The van der Waals surface area contributed by atoms with Gasteiger partial charge in [0.05, 0.1) is 11.9 Å². The normalized spacial score (nSPS) is 12.5. The van der Waals surface area contributed by atoms with E-state index in [1.807, 2.05) is 45.0 Å². The number of aryl methyl sites for hydroxylation is 1. The minimum Gasteiger partial charge on any atom is -0.494 e. The molecule has 0 radical (unpaired) electrons. The number of anilines is 1. The summed E-state index contributed by atoms with van der Waals surface area (Å²) in [5.74, 6) is -0.177. The van der Waals surface area contributed by atoms with Crippen LogP contribution in [0, 0.1) is 11.7 Å². The number of benzene rings is 1. The third-order valence-electron chi connectivity index (χ3n) is 3.71. The summed E-state index contributed by atoms with van der Waals surface area (Å²) in [6.45, 7) is 5.84. The zero-order valence-electron chi connectivity index (χ0n) is 13.3. The highest BCUT2D eigenvalue weighted by Crippen LogP contribution is 2.20. The number of rotatable bonds is 5. The van der Waals surface area contributed by atoms with Crippen LogP contribution in [0.4, 0.5) is 5.69 Å². The molecule has 1 heterocycles. The van der Waals surface area contributed by atoms with E-state index in [9.17, 15) is 9.90 Å². The molecule has 1 aromatic carbocycles. The second-order valence-corrected chi connectivity index (χ2v) is 5.70. The van der Waals surface area contributed by atoms with Gasteiger partial charge in [-0.15, -0.1) is 0 Å². The first-order valence-corrected chi connectivity index (χ1v) is 7.79. The Hall–Kier alpha value is -2.41. The highest BCUT2D eigenvalue weighted by molar-refractivity contribution is 7.71. The fraction of sp³-hybridized carbons (Fsp3) is 0.312. The quantitative estimate of drug-likeness (QED) is 0.445. The summed E-state index contributed by atoms with van der Waals surface area (Å²) >= 11 is 5.12. The second kappa shape index (κ2) is 7.23. The van der Waals surface area contributed by atoms with E-state index in [2.05, 4.69) is 15.5 Å². The molecule has 0 saturated heterocycles. The summed E-state index contributed by atoms with van der Waals surface area (Å²) in [7, 11) is 0. The van der Waals surface area contributed by atoms with Crippen molar-refractivity contribution in [3.8, 4) is 5.88 Å². The van der Waals surface area contributed by atoms with Crippen LogP contribution in [0.2, 0.25) is 0 Å². The molecule has 0 spiro atoms. The van der Waals surface area contributed by atoms with E-state index < -0.39 is 5.56 Å². The number of aromatic amines is 1. The maximum atomic E-state index is 12.0. The zero-order chi connectivity index (χ0) is 17.0. The molecule has 0 aliphatic heterocycles. The molecule has 3 N–H and O–H groups in total. The molecule has 0 fully saturated rings. The Morgan fingerprint density at radius 2 is 2.17 bits per heavy atom. The van der Waals surface area contributed by atoms with E-state index in [0.717, 1.165) is 17.7 Å². The van der Waals surface area contributed by atoms with Crippen molar-refractivity contribution in [2.45, 2.75) is 33.2 Å². The minimum atomic E-state index is -0.470. The molecule has 0 aliphatic rings.